The molecule has 2 nitrogen and oxygen atoms in total. The molecule has 1 aromatic carbocycles. The molecule has 0 radical (unpaired) electrons. The van der Waals surface area contributed by atoms with E-state index in [-0.39, 0.29) is 6.10 Å². The monoisotopic (exact) mass is 262 g/mol. The van der Waals surface area contributed by atoms with E-state index in [9.17, 15) is 9.90 Å². The van der Waals surface area contributed by atoms with Crippen molar-refractivity contribution in [1.82, 2.24) is 0 Å². The van der Waals surface area contributed by atoms with E-state index in [0.717, 1.165) is 17.9 Å². The highest BCUT2D eigenvalue weighted by Crippen LogP contribution is 2.20. The highest BCUT2D eigenvalue weighted by molar-refractivity contribution is 6.95. The molecule has 98 valence electrons. The van der Waals surface area contributed by atoms with Crippen molar-refractivity contribution in [2.45, 2.75) is 39.0 Å². The smallest absolute Gasteiger partial charge is 0.142 e. The van der Waals surface area contributed by atoms with Crippen molar-refractivity contribution in [3.05, 3.63) is 41.6 Å². The minimum atomic E-state index is -1.84. The Balaban J connectivity index is 3.05. The van der Waals surface area contributed by atoms with Crippen molar-refractivity contribution < 1.29 is 9.90 Å². The summed E-state index contributed by atoms with van der Waals surface area (Å²) in [5.74, 6) is 0. The number of aliphatic hydroxyl groups is 1. The van der Waals surface area contributed by atoms with Crippen LogP contribution in [0.15, 0.2) is 41.6 Å². The van der Waals surface area contributed by atoms with Gasteiger partial charge in [-0.2, -0.15) is 0 Å². The Bertz CT molecular complexity index is 410. The van der Waals surface area contributed by atoms with Gasteiger partial charge in [0, 0.05) is 0 Å². The summed E-state index contributed by atoms with van der Waals surface area (Å²) in [6.07, 6.45) is 3.46. The fourth-order valence-corrected chi connectivity index (χ4v) is 4.68. The lowest BCUT2D eigenvalue weighted by Crippen LogP contribution is -2.44. The lowest BCUT2D eigenvalue weighted by atomic mass is 10.2. The summed E-state index contributed by atoms with van der Waals surface area (Å²) >= 11 is 0. The Morgan fingerprint density at radius 3 is 2.44 bits per heavy atom. The van der Waals surface area contributed by atoms with Gasteiger partial charge in [0.05, 0.1) is 6.10 Å². The maximum Gasteiger partial charge on any atom is 0.142 e. The Labute approximate surface area is 110 Å². The maximum absolute atomic E-state index is 10.8. The van der Waals surface area contributed by atoms with Gasteiger partial charge in [0.25, 0.3) is 0 Å². The summed E-state index contributed by atoms with van der Waals surface area (Å²) in [5, 5.41) is 12.2. The quantitative estimate of drug-likeness (QED) is 0.486. The molecule has 0 aromatic heterocycles. The van der Waals surface area contributed by atoms with E-state index < -0.39 is 8.07 Å². The molecule has 1 atom stereocenters. The SMILES string of the molecule is CCC(O)C/C(=C\C=O)[Si](C)(C)c1ccccc1. The van der Waals surface area contributed by atoms with E-state index in [1.807, 2.05) is 25.1 Å². The molecule has 3 heteroatoms. The zero-order chi connectivity index (χ0) is 13.6. The number of allylic oxidation sites excluding steroid dienone is 1. The van der Waals surface area contributed by atoms with Gasteiger partial charge in [0.2, 0.25) is 0 Å². The van der Waals surface area contributed by atoms with E-state index in [1.165, 1.54) is 5.19 Å². The zero-order valence-electron chi connectivity index (χ0n) is 11.4. The van der Waals surface area contributed by atoms with Crippen LogP contribution in [0, 0.1) is 0 Å². The number of aldehydes is 1. The lowest BCUT2D eigenvalue weighted by molar-refractivity contribution is -0.104. The minimum Gasteiger partial charge on any atom is -0.393 e. The third-order valence-corrected chi connectivity index (χ3v) is 7.25. The van der Waals surface area contributed by atoms with Crippen molar-refractivity contribution in [3.8, 4) is 0 Å². The van der Waals surface area contributed by atoms with Crippen molar-refractivity contribution in [1.29, 1.82) is 0 Å². The Kier molecular flexibility index (Phi) is 5.50. The first-order valence-corrected chi connectivity index (χ1v) is 9.40. The fraction of sp³-hybridized carbons (Fsp3) is 0.400. The van der Waals surface area contributed by atoms with Crippen molar-refractivity contribution in [2.24, 2.45) is 0 Å². The number of hydrogen-bond donors (Lipinski definition) is 1. The van der Waals surface area contributed by atoms with Gasteiger partial charge in [-0.15, -0.1) is 0 Å². The molecule has 0 fully saturated rings. The summed E-state index contributed by atoms with van der Waals surface area (Å²) < 4.78 is 0. The van der Waals surface area contributed by atoms with Crippen LogP contribution >= 0.6 is 0 Å². The molecule has 0 aliphatic rings. The van der Waals surface area contributed by atoms with Crippen molar-refractivity contribution in [3.63, 3.8) is 0 Å². The molecule has 0 aliphatic heterocycles. The van der Waals surface area contributed by atoms with Crippen LogP contribution in [0.5, 0.6) is 0 Å². The topological polar surface area (TPSA) is 37.3 Å². The number of aliphatic hydroxyl groups excluding tert-OH is 1. The third-order valence-electron chi connectivity index (χ3n) is 3.49. The zero-order valence-corrected chi connectivity index (χ0v) is 12.4. The van der Waals surface area contributed by atoms with Crippen LogP contribution in [0.2, 0.25) is 13.1 Å². The number of carbonyl (C=O) groups excluding carboxylic acids is 1. The summed E-state index contributed by atoms with van der Waals surface area (Å²) in [7, 11) is -1.84. The second-order valence-corrected chi connectivity index (χ2v) is 9.55. The van der Waals surface area contributed by atoms with E-state index in [4.69, 9.17) is 0 Å². The summed E-state index contributed by atoms with van der Waals surface area (Å²) in [4.78, 5) is 10.8. The molecule has 0 saturated carbocycles. The van der Waals surface area contributed by atoms with Crippen LogP contribution < -0.4 is 5.19 Å². The molecule has 1 unspecified atom stereocenters. The fourth-order valence-electron chi connectivity index (χ4n) is 2.05. The first-order valence-electron chi connectivity index (χ1n) is 6.40. The molecular weight excluding hydrogens is 240 g/mol. The predicted molar refractivity (Wildman–Crippen MR) is 78.6 cm³/mol. The van der Waals surface area contributed by atoms with Gasteiger partial charge in [-0.3, -0.25) is 4.79 Å². The lowest BCUT2D eigenvalue weighted by Gasteiger charge is -2.27. The van der Waals surface area contributed by atoms with E-state index in [1.54, 1.807) is 6.08 Å². The molecular formula is C15H22O2Si. The Hall–Kier alpha value is -1.19. The number of benzene rings is 1. The van der Waals surface area contributed by atoms with Crippen LogP contribution in [-0.2, 0) is 4.79 Å². The normalized spacial score (nSPS) is 14.3. The first kappa shape index (κ1) is 14.9. The summed E-state index contributed by atoms with van der Waals surface area (Å²) in [5.41, 5.74) is 0. The van der Waals surface area contributed by atoms with Crippen LogP contribution in [0.25, 0.3) is 0 Å². The van der Waals surface area contributed by atoms with Gasteiger partial charge in [0.15, 0.2) is 0 Å². The molecule has 1 N–H and O–H groups in total. The second kappa shape index (κ2) is 6.66. The summed E-state index contributed by atoms with van der Waals surface area (Å²) in [6.45, 7) is 6.40. The summed E-state index contributed by atoms with van der Waals surface area (Å²) in [6, 6.07) is 10.3. The highest BCUT2D eigenvalue weighted by Gasteiger charge is 2.28. The average Bonchev–Trinajstić information content (AvgIpc) is 2.39. The van der Waals surface area contributed by atoms with Crippen molar-refractivity contribution >= 4 is 19.5 Å². The molecule has 1 rings (SSSR count). The predicted octanol–water partition coefficient (Wildman–Crippen LogP) is 2.43. The second-order valence-electron chi connectivity index (χ2n) is 5.09. The molecule has 18 heavy (non-hydrogen) atoms. The number of rotatable bonds is 6. The highest BCUT2D eigenvalue weighted by atomic mass is 28.3. The minimum absolute atomic E-state index is 0.355. The van der Waals surface area contributed by atoms with Crippen LogP contribution in [-0.4, -0.2) is 25.6 Å². The largest absolute Gasteiger partial charge is 0.393 e. The van der Waals surface area contributed by atoms with E-state index in [2.05, 4.69) is 25.2 Å². The van der Waals surface area contributed by atoms with Gasteiger partial charge >= 0.3 is 0 Å². The first-order chi connectivity index (χ1) is 8.52. The molecule has 0 spiro atoms. The van der Waals surface area contributed by atoms with Gasteiger partial charge in [-0.1, -0.05) is 60.7 Å². The molecule has 1 aromatic rings. The van der Waals surface area contributed by atoms with Crippen molar-refractivity contribution in [2.75, 3.05) is 0 Å². The van der Waals surface area contributed by atoms with E-state index in [0.29, 0.717) is 6.42 Å². The van der Waals surface area contributed by atoms with Gasteiger partial charge < -0.3 is 5.11 Å². The van der Waals surface area contributed by atoms with Crippen LogP contribution in [0.3, 0.4) is 0 Å². The van der Waals surface area contributed by atoms with Gasteiger partial charge in [-0.05, 0) is 18.9 Å². The number of carbonyl (C=O) groups is 1. The van der Waals surface area contributed by atoms with Crippen LogP contribution in [0.1, 0.15) is 19.8 Å². The Morgan fingerprint density at radius 2 is 1.94 bits per heavy atom. The Morgan fingerprint density at radius 1 is 1.33 bits per heavy atom. The van der Waals surface area contributed by atoms with Gasteiger partial charge in [0.1, 0.15) is 14.4 Å². The third kappa shape index (κ3) is 3.65. The number of hydrogen-bond acceptors (Lipinski definition) is 2. The standard InChI is InChI=1S/C15H22O2Si/c1-4-13(17)12-15(10-11-16)18(2,3)14-8-6-5-7-9-14/h5-11,13,17H,4,12H2,1-3H3/b15-10+. The molecule has 0 heterocycles. The van der Waals surface area contributed by atoms with Crippen LogP contribution in [0.4, 0.5) is 0 Å². The molecule has 0 saturated heterocycles. The van der Waals surface area contributed by atoms with E-state index >= 15 is 0 Å². The maximum atomic E-state index is 10.8. The van der Waals surface area contributed by atoms with Gasteiger partial charge in [-0.25, -0.2) is 0 Å². The molecule has 0 aliphatic carbocycles. The molecule has 0 bridgehead atoms. The molecule has 0 amide bonds. The average molecular weight is 262 g/mol.